The summed E-state index contributed by atoms with van der Waals surface area (Å²) < 4.78 is 1.11. The van der Waals surface area contributed by atoms with Gasteiger partial charge in [-0.05, 0) is 39.5 Å². The Hall–Kier alpha value is -0.210. The van der Waals surface area contributed by atoms with E-state index in [1.54, 1.807) is 0 Å². The predicted molar refractivity (Wildman–Crippen MR) is 71.8 cm³/mol. The number of halogens is 2. The van der Waals surface area contributed by atoms with Crippen molar-refractivity contribution in [2.75, 3.05) is 18.5 Å². The zero-order chi connectivity index (χ0) is 11.4. The number of benzene rings is 1. The Morgan fingerprint density at radius 3 is 2.53 bits per heavy atom. The minimum atomic E-state index is 0.562. The Labute approximate surface area is 106 Å². The van der Waals surface area contributed by atoms with E-state index in [9.17, 15) is 0 Å². The number of anilines is 1. The van der Waals surface area contributed by atoms with Gasteiger partial charge in [0.25, 0.3) is 0 Å². The number of nitrogens with zero attached hydrogens (tertiary/aromatic N) is 1. The largest absolute Gasteiger partial charge is 0.373 e. The van der Waals surface area contributed by atoms with Gasteiger partial charge in [0, 0.05) is 23.9 Å². The highest BCUT2D eigenvalue weighted by molar-refractivity contribution is 9.10. The minimum Gasteiger partial charge on any atom is -0.373 e. The maximum Gasteiger partial charge on any atom is 0.0508 e. The molecule has 1 rings (SSSR count). The Balaban J connectivity index is 2.85. The molecule has 0 amide bonds. The summed E-state index contributed by atoms with van der Waals surface area (Å²) in [7, 11) is 2.11. The Morgan fingerprint density at radius 2 is 2.07 bits per heavy atom. The van der Waals surface area contributed by atoms with Crippen LogP contribution in [0.2, 0.25) is 0 Å². The van der Waals surface area contributed by atoms with Gasteiger partial charge in [0.1, 0.15) is 0 Å². The number of hydrogen-bond donors (Lipinski definition) is 0. The van der Waals surface area contributed by atoms with Crippen molar-refractivity contribution in [1.29, 1.82) is 0 Å². The topological polar surface area (TPSA) is 3.24 Å². The summed E-state index contributed by atoms with van der Waals surface area (Å²) in [5, 5.41) is 0. The average molecular weight is 291 g/mol. The van der Waals surface area contributed by atoms with E-state index >= 15 is 0 Å². The summed E-state index contributed by atoms with van der Waals surface area (Å²) >= 11 is 9.36. The van der Waals surface area contributed by atoms with E-state index in [-0.39, 0.29) is 0 Å². The molecule has 0 aromatic heterocycles. The fourth-order valence-corrected chi connectivity index (χ4v) is 2.48. The van der Waals surface area contributed by atoms with E-state index in [0.717, 1.165) is 16.6 Å². The fraction of sp³-hybridized carbons (Fsp3) is 0.500. The minimum absolute atomic E-state index is 0.562. The van der Waals surface area contributed by atoms with Crippen molar-refractivity contribution in [2.45, 2.75) is 19.7 Å². The van der Waals surface area contributed by atoms with E-state index in [1.807, 2.05) is 0 Å². The first-order valence-electron chi connectivity index (χ1n) is 5.10. The summed E-state index contributed by atoms with van der Waals surface area (Å²) in [6.07, 6.45) is 0. The molecule has 0 atom stereocenters. The summed E-state index contributed by atoms with van der Waals surface area (Å²) in [5.41, 5.74) is 2.36. The summed E-state index contributed by atoms with van der Waals surface area (Å²) in [4.78, 5) is 2.26. The molecule has 0 bridgehead atoms. The first kappa shape index (κ1) is 12.9. The van der Waals surface area contributed by atoms with Crippen LogP contribution in [0.4, 0.5) is 5.69 Å². The molecule has 84 valence electrons. The zero-order valence-corrected chi connectivity index (χ0v) is 11.8. The molecule has 1 aromatic rings. The van der Waals surface area contributed by atoms with Crippen LogP contribution in [-0.2, 0) is 5.88 Å². The molecule has 1 nitrogen and oxygen atoms in total. The first-order chi connectivity index (χ1) is 7.04. The zero-order valence-electron chi connectivity index (χ0n) is 9.43. The van der Waals surface area contributed by atoms with Gasteiger partial charge in [-0.25, -0.2) is 0 Å². The van der Waals surface area contributed by atoms with Gasteiger partial charge in [-0.15, -0.1) is 11.6 Å². The van der Waals surface area contributed by atoms with Gasteiger partial charge in [0.05, 0.1) is 5.69 Å². The molecule has 0 aliphatic heterocycles. The van der Waals surface area contributed by atoms with E-state index in [4.69, 9.17) is 11.6 Å². The quantitative estimate of drug-likeness (QED) is 0.748. The van der Waals surface area contributed by atoms with Gasteiger partial charge in [-0.1, -0.05) is 19.9 Å². The van der Waals surface area contributed by atoms with Gasteiger partial charge in [-0.3, -0.25) is 0 Å². The molecule has 15 heavy (non-hydrogen) atoms. The third-order valence-electron chi connectivity index (χ3n) is 2.22. The normalized spacial score (nSPS) is 10.8. The molecule has 0 unspecified atom stereocenters. The number of hydrogen-bond acceptors (Lipinski definition) is 1. The molecule has 0 radical (unpaired) electrons. The SMILES string of the molecule is CC(C)CN(C)c1ccc(CCl)cc1Br. The Bertz CT molecular complexity index is 325. The Kier molecular flexibility index (Phi) is 4.94. The average Bonchev–Trinajstić information content (AvgIpc) is 2.16. The molecular weight excluding hydrogens is 273 g/mol. The molecule has 0 heterocycles. The second-order valence-electron chi connectivity index (χ2n) is 4.19. The van der Waals surface area contributed by atoms with Crippen LogP contribution < -0.4 is 4.90 Å². The van der Waals surface area contributed by atoms with Gasteiger partial charge in [0.15, 0.2) is 0 Å². The van der Waals surface area contributed by atoms with Gasteiger partial charge >= 0.3 is 0 Å². The van der Waals surface area contributed by atoms with Crippen LogP contribution in [0.15, 0.2) is 22.7 Å². The van der Waals surface area contributed by atoms with E-state index < -0.39 is 0 Å². The lowest BCUT2D eigenvalue weighted by atomic mass is 10.2. The van der Waals surface area contributed by atoms with E-state index in [1.165, 1.54) is 5.69 Å². The summed E-state index contributed by atoms with van der Waals surface area (Å²) in [5.74, 6) is 1.22. The standard InChI is InChI=1S/C12H17BrClN/c1-9(2)8-15(3)12-5-4-10(7-14)6-11(12)13/h4-6,9H,7-8H2,1-3H3. The van der Waals surface area contributed by atoms with Crippen LogP contribution in [0.3, 0.4) is 0 Å². The highest BCUT2D eigenvalue weighted by atomic mass is 79.9. The van der Waals surface area contributed by atoms with Crippen LogP contribution in [0.25, 0.3) is 0 Å². The van der Waals surface area contributed by atoms with Gasteiger partial charge in [-0.2, -0.15) is 0 Å². The van der Waals surface area contributed by atoms with Crippen molar-refractivity contribution in [3.05, 3.63) is 28.2 Å². The molecular formula is C12H17BrClN. The van der Waals surface area contributed by atoms with Crippen molar-refractivity contribution in [2.24, 2.45) is 5.92 Å². The third-order valence-corrected chi connectivity index (χ3v) is 3.16. The lowest BCUT2D eigenvalue weighted by Crippen LogP contribution is -2.22. The molecule has 0 spiro atoms. The molecule has 1 aromatic carbocycles. The van der Waals surface area contributed by atoms with Crippen molar-refractivity contribution in [3.8, 4) is 0 Å². The number of alkyl halides is 1. The van der Waals surface area contributed by atoms with Crippen LogP contribution >= 0.6 is 27.5 Å². The lowest BCUT2D eigenvalue weighted by Gasteiger charge is -2.23. The van der Waals surface area contributed by atoms with Gasteiger partial charge in [0.2, 0.25) is 0 Å². The summed E-state index contributed by atoms with van der Waals surface area (Å²) in [6, 6.07) is 6.27. The van der Waals surface area contributed by atoms with Crippen LogP contribution in [0.1, 0.15) is 19.4 Å². The fourth-order valence-electron chi connectivity index (χ4n) is 1.59. The maximum atomic E-state index is 5.78. The maximum absolute atomic E-state index is 5.78. The lowest BCUT2D eigenvalue weighted by molar-refractivity contribution is 0.638. The highest BCUT2D eigenvalue weighted by Gasteiger charge is 2.07. The summed E-state index contributed by atoms with van der Waals surface area (Å²) in [6.45, 7) is 5.49. The van der Waals surface area contributed by atoms with Crippen LogP contribution in [0, 0.1) is 5.92 Å². The predicted octanol–water partition coefficient (Wildman–Crippen LogP) is 4.28. The van der Waals surface area contributed by atoms with Crippen LogP contribution in [0.5, 0.6) is 0 Å². The first-order valence-corrected chi connectivity index (χ1v) is 6.43. The van der Waals surface area contributed by atoms with Gasteiger partial charge < -0.3 is 4.90 Å². The van der Waals surface area contributed by atoms with E-state index in [0.29, 0.717) is 11.8 Å². The second-order valence-corrected chi connectivity index (χ2v) is 5.32. The smallest absolute Gasteiger partial charge is 0.0508 e. The third kappa shape index (κ3) is 3.69. The molecule has 3 heteroatoms. The highest BCUT2D eigenvalue weighted by Crippen LogP contribution is 2.27. The van der Waals surface area contributed by atoms with Crippen molar-refractivity contribution in [1.82, 2.24) is 0 Å². The molecule has 0 saturated carbocycles. The molecule has 0 N–H and O–H groups in total. The van der Waals surface area contributed by atoms with Crippen molar-refractivity contribution < 1.29 is 0 Å². The monoisotopic (exact) mass is 289 g/mol. The van der Waals surface area contributed by atoms with Crippen molar-refractivity contribution in [3.63, 3.8) is 0 Å². The molecule has 0 saturated heterocycles. The Morgan fingerprint density at radius 1 is 1.40 bits per heavy atom. The van der Waals surface area contributed by atoms with Crippen LogP contribution in [-0.4, -0.2) is 13.6 Å². The molecule has 0 aliphatic rings. The molecule has 0 fully saturated rings. The molecule has 0 aliphatic carbocycles. The van der Waals surface area contributed by atoms with Crippen molar-refractivity contribution >= 4 is 33.2 Å². The second kappa shape index (κ2) is 5.76. The number of rotatable bonds is 4. The van der Waals surface area contributed by atoms with E-state index in [2.05, 4.69) is 59.9 Å².